The van der Waals surface area contributed by atoms with Gasteiger partial charge in [0.15, 0.2) is 16.7 Å². The number of anilines is 1. The Morgan fingerprint density at radius 1 is 1.05 bits per heavy atom. The van der Waals surface area contributed by atoms with Gasteiger partial charge in [-0.25, -0.2) is 9.38 Å². The van der Waals surface area contributed by atoms with Crippen molar-refractivity contribution in [3.8, 4) is 17.2 Å². The van der Waals surface area contributed by atoms with E-state index < -0.39 is 5.25 Å². The number of amidine groups is 1. The topological polar surface area (TPSA) is 89.5 Å². The van der Waals surface area contributed by atoms with Crippen LogP contribution in [0.3, 0.4) is 0 Å². The SMILES string of the molecule is CCOc1ccc(NC(=O)C2CC(=O)N(CCc3ccc(OC)c(OC)c3)C(=Nc3ccc(F)cc3)S2)cc1. The lowest BCUT2D eigenvalue weighted by atomic mass is 10.1. The fraction of sp³-hybridized carbons (Fsp3) is 0.276. The Hall–Kier alpha value is -4.05. The van der Waals surface area contributed by atoms with E-state index in [1.807, 2.05) is 25.1 Å². The molecular formula is C29H30FN3O5S. The average molecular weight is 552 g/mol. The van der Waals surface area contributed by atoms with E-state index >= 15 is 0 Å². The van der Waals surface area contributed by atoms with Crippen LogP contribution in [0.1, 0.15) is 18.9 Å². The first kappa shape index (κ1) is 28.0. The Kier molecular flexibility index (Phi) is 9.43. The smallest absolute Gasteiger partial charge is 0.238 e. The molecule has 0 aromatic heterocycles. The largest absolute Gasteiger partial charge is 0.494 e. The van der Waals surface area contributed by atoms with Gasteiger partial charge in [0.2, 0.25) is 11.8 Å². The molecule has 0 bridgehead atoms. The molecule has 4 rings (SSSR count). The van der Waals surface area contributed by atoms with Gasteiger partial charge in [0.05, 0.1) is 26.5 Å². The highest BCUT2D eigenvalue weighted by Crippen LogP contribution is 2.32. The van der Waals surface area contributed by atoms with Crippen LogP contribution >= 0.6 is 11.8 Å². The normalized spacial score (nSPS) is 16.2. The maximum atomic E-state index is 13.5. The minimum absolute atomic E-state index is 0.0158. The number of nitrogens with one attached hydrogen (secondary N) is 1. The van der Waals surface area contributed by atoms with E-state index in [0.29, 0.717) is 53.4 Å². The van der Waals surface area contributed by atoms with Crippen LogP contribution in [-0.2, 0) is 16.0 Å². The summed E-state index contributed by atoms with van der Waals surface area (Å²) < 4.78 is 29.6. The molecule has 204 valence electrons. The molecule has 1 atom stereocenters. The number of aliphatic imine (C=N–C) groups is 1. The molecule has 1 N–H and O–H groups in total. The highest BCUT2D eigenvalue weighted by atomic mass is 32.2. The second-order valence-electron chi connectivity index (χ2n) is 8.61. The first-order valence-corrected chi connectivity index (χ1v) is 13.3. The minimum Gasteiger partial charge on any atom is -0.494 e. The number of methoxy groups -OCH3 is 2. The van der Waals surface area contributed by atoms with Crippen LogP contribution in [0.15, 0.2) is 71.7 Å². The third kappa shape index (κ3) is 7.29. The summed E-state index contributed by atoms with van der Waals surface area (Å²) in [5, 5.41) is 2.57. The summed E-state index contributed by atoms with van der Waals surface area (Å²) in [6, 6.07) is 18.3. The van der Waals surface area contributed by atoms with Crippen LogP contribution < -0.4 is 19.5 Å². The monoisotopic (exact) mass is 551 g/mol. The Bertz CT molecular complexity index is 1330. The van der Waals surface area contributed by atoms with Crippen molar-refractivity contribution in [1.29, 1.82) is 0 Å². The van der Waals surface area contributed by atoms with E-state index in [9.17, 15) is 14.0 Å². The number of amides is 2. The standard InChI is InChI=1S/C29H30FN3O5S/c1-4-38-23-12-10-21(11-13-23)31-28(35)26-18-27(34)33(29(39-26)32-22-8-6-20(30)7-9-22)16-15-19-5-14-24(36-2)25(17-19)37-3/h5-14,17,26H,4,15-16,18H2,1-3H3,(H,31,35). The number of hydrogen-bond acceptors (Lipinski definition) is 7. The molecular weight excluding hydrogens is 521 g/mol. The first-order chi connectivity index (χ1) is 18.9. The molecule has 1 aliphatic rings. The molecule has 0 spiro atoms. The van der Waals surface area contributed by atoms with E-state index in [4.69, 9.17) is 14.2 Å². The zero-order valence-corrected chi connectivity index (χ0v) is 22.8. The Balaban J connectivity index is 1.52. The van der Waals surface area contributed by atoms with Crippen LogP contribution in [-0.4, -0.2) is 54.5 Å². The summed E-state index contributed by atoms with van der Waals surface area (Å²) >= 11 is 1.21. The van der Waals surface area contributed by atoms with Gasteiger partial charge in [-0.2, -0.15) is 0 Å². The molecule has 39 heavy (non-hydrogen) atoms. The molecule has 1 heterocycles. The van der Waals surface area contributed by atoms with Gasteiger partial charge in [0.25, 0.3) is 0 Å². The number of carbonyl (C=O) groups excluding carboxylic acids is 2. The number of hydrogen-bond donors (Lipinski definition) is 1. The van der Waals surface area contributed by atoms with Crippen LogP contribution in [0.4, 0.5) is 15.8 Å². The molecule has 3 aromatic rings. The number of benzene rings is 3. The predicted octanol–water partition coefficient (Wildman–Crippen LogP) is 5.44. The second-order valence-corrected chi connectivity index (χ2v) is 9.78. The van der Waals surface area contributed by atoms with E-state index in [2.05, 4.69) is 10.3 Å². The first-order valence-electron chi connectivity index (χ1n) is 12.5. The van der Waals surface area contributed by atoms with Gasteiger partial charge >= 0.3 is 0 Å². The van der Waals surface area contributed by atoms with Crippen LogP contribution in [0.25, 0.3) is 0 Å². The minimum atomic E-state index is -0.680. The second kappa shape index (κ2) is 13.1. The molecule has 1 unspecified atom stereocenters. The summed E-state index contributed by atoms with van der Waals surface area (Å²) in [5.41, 5.74) is 2.03. The van der Waals surface area contributed by atoms with Gasteiger partial charge in [-0.15, -0.1) is 0 Å². The van der Waals surface area contributed by atoms with Crippen LogP contribution in [0.5, 0.6) is 17.2 Å². The summed E-state index contributed by atoms with van der Waals surface area (Å²) in [7, 11) is 3.14. The third-order valence-electron chi connectivity index (χ3n) is 5.99. The fourth-order valence-electron chi connectivity index (χ4n) is 3.99. The molecule has 2 amide bonds. The lowest BCUT2D eigenvalue weighted by molar-refractivity contribution is -0.129. The molecule has 0 saturated carbocycles. The number of ether oxygens (including phenoxy) is 3. The molecule has 10 heteroatoms. The van der Waals surface area contributed by atoms with Gasteiger partial charge in [-0.1, -0.05) is 17.8 Å². The lowest BCUT2D eigenvalue weighted by Gasteiger charge is -2.32. The fourth-order valence-corrected chi connectivity index (χ4v) is 5.11. The summed E-state index contributed by atoms with van der Waals surface area (Å²) in [5.74, 6) is 1.01. The zero-order valence-electron chi connectivity index (χ0n) is 22.0. The number of carbonyl (C=O) groups is 2. The van der Waals surface area contributed by atoms with E-state index in [1.165, 1.54) is 36.0 Å². The quantitative estimate of drug-likeness (QED) is 0.361. The number of nitrogens with zero attached hydrogens (tertiary/aromatic N) is 2. The van der Waals surface area contributed by atoms with Crippen LogP contribution in [0, 0.1) is 5.82 Å². The van der Waals surface area contributed by atoms with Crippen molar-refractivity contribution in [2.45, 2.75) is 25.0 Å². The van der Waals surface area contributed by atoms with Crippen molar-refractivity contribution >= 4 is 40.1 Å². The van der Waals surface area contributed by atoms with E-state index in [-0.39, 0.29) is 24.1 Å². The Morgan fingerprint density at radius 3 is 2.44 bits per heavy atom. The van der Waals surface area contributed by atoms with Gasteiger partial charge in [-0.05, 0) is 79.6 Å². The van der Waals surface area contributed by atoms with Crippen molar-refractivity contribution in [3.63, 3.8) is 0 Å². The van der Waals surface area contributed by atoms with E-state index in [1.54, 1.807) is 43.4 Å². The van der Waals surface area contributed by atoms with Gasteiger partial charge in [0.1, 0.15) is 16.8 Å². The Morgan fingerprint density at radius 2 is 1.77 bits per heavy atom. The molecule has 1 fully saturated rings. The zero-order chi connectivity index (χ0) is 27.8. The lowest BCUT2D eigenvalue weighted by Crippen LogP contribution is -2.46. The van der Waals surface area contributed by atoms with Crippen molar-refractivity contribution in [3.05, 3.63) is 78.1 Å². The van der Waals surface area contributed by atoms with Crippen molar-refractivity contribution in [2.75, 3.05) is 32.7 Å². The average Bonchev–Trinajstić information content (AvgIpc) is 2.94. The maximum absolute atomic E-state index is 13.5. The van der Waals surface area contributed by atoms with Gasteiger partial charge < -0.3 is 19.5 Å². The molecule has 1 aliphatic heterocycles. The molecule has 1 saturated heterocycles. The summed E-state index contributed by atoms with van der Waals surface area (Å²) in [4.78, 5) is 32.6. The highest BCUT2D eigenvalue weighted by Gasteiger charge is 2.36. The molecule has 0 radical (unpaired) electrons. The van der Waals surface area contributed by atoms with Crippen molar-refractivity contribution < 1.29 is 28.2 Å². The number of thioether (sulfide) groups is 1. The molecule has 3 aromatic carbocycles. The predicted molar refractivity (Wildman–Crippen MR) is 151 cm³/mol. The third-order valence-corrected chi connectivity index (χ3v) is 7.18. The van der Waals surface area contributed by atoms with Gasteiger partial charge in [-0.3, -0.25) is 14.5 Å². The van der Waals surface area contributed by atoms with Crippen molar-refractivity contribution in [1.82, 2.24) is 4.90 Å². The summed E-state index contributed by atoms with van der Waals surface area (Å²) in [6.07, 6.45) is 0.542. The summed E-state index contributed by atoms with van der Waals surface area (Å²) in [6.45, 7) is 2.79. The van der Waals surface area contributed by atoms with Gasteiger partial charge in [0, 0.05) is 18.7 Å². The van der Waals surface area contributed by atoms with Crippen molar-refractivity contribution in [2.24, 2.45) is 4.99 Å². The van der Waals surface area contributed by atoms with E-state index in [0.717, 1.165) is 5.56 Å². The molecule has 8 nitrogen and oxygen atoms in total. The maximum Gasteiger partial charge on any atom is 0.238 e. The Labute approximate surface area is 231 Å². The molecule has 0 aliphatic carbocycles. The number of rotatable bonds is 10. The highest BCUT2D eigenvalue weighted by molar-refractivity contribution is 8.15. The number of halogens is 1. The van der Waals surface area contributed by atoms with Crippen LogP contribution in [0.2, 0.25) is 0 Å².